The molecule has 3 amide bonds. The molecule has 0 aliphatic carbocycles. The molecule has 0 saturated carbocycles. The Labute approximate surface area is 144 Å². The van der Waals surface area contributed by atoms with Gasteiger partial charge in [0.1, 0.15) is 6.04 Å². The molecule has 1 aliphatic rings. The van der Waals surface area contributed by atoms with Gasteiger partial charge in [0.2, 0.25) is 0 Å². The number of sulfone groups is 1. The molecular weight excluding hydrogens is 360 g/mol. The minimum Gasteiger partial charge on any atom is -0.480 e. The van der Waals surface area contributed by atoms with E-state index >= 15 is 0 Å². The van der Waals surface area contributed by atoms with Crippen LogP contribution < -0.4 is 22.0 Å². The van der Waals surface area contributed by atoms with Gasteiger partial charge in [-0.15, -0.1) is 0 Å². The molecule has 0 aromatic carbocycles. The molecule has 1 saturated heterocycles. The van der Waals surface area contributed by atoms with Crippen LogP contribution in [0.15, 0.2) is 0 Å². The third kappa shape index (κ3) is 8.22. The average molecular weight is 384 g/mol. The number of nitrogens with one attached hydrogen (secondary N) is 3. The predicted molar refractivity (Wildman–Crippen MR) is 84.5 cm³/mol. The number of hydroxylamine groups is 1. The standard InChI is InChI=1S/C12H21N3O7S.H3NO/c16-10-8(14-12(19)15-10)7-23(21,22)9(11(17)18)5-3-1-2-4-6-13-20;1-2/h8-9,13,20H,1-7H2,(H,17,18)(H2,14,15,16,19);2H,1H2. The maximum Gasteiger partial charge on any atom is 0.322 e. The summed E-state index contributed by atoms with van der Waals surface area (Å²) in [6.07, 6.45) is 2.37. The quantitative estimate of drug-likeness (QED) is 0.122. The first-order valence-electron chi connectivity index (χ1n) is 7.46. The summed E-state index contributed by atoms with van der Waals surface area (Å²) in [5, 5.41) is 26.5. The third-order valence-corrected chi connectivity index (χ3v) is 5.57. The zero-order valence-electron chi connectivity index (χ0n) is 13.5. The van der Waals surface area contributed by atoms with Crippen LogP contribution in [0, 0.1) is 0 Å². The number of carboxylic acid groups (broad SMARTS) is 1. The molecule has 12 nitrogen and oxygen atoms in total. The molecule has 8 N–H and O–H groups in total. The minimum absolute atomic E-state index is 0.0630. The lowest BCUT2D eigenvalue weighted by molar-refractivity contribution is -0.136. The first-order valence-corrected chi connectivity index (χ1v) is 9.18. The van der Waals surface area contributed by atoms with Gasteiger partial charge >= 0.3 is 12.0 Å². The van der Waals surface area contributed by atoms with E-state index in [4.69, 9.17) is 15.5 Å². The van der Waals surface area contributed by atoms with Crippen molar-refractivity contribution in [3.05, 3.63) is 0 Å². The summed E-state index contributed by atoms with van der Waals surface area (Å²) in [4.78, 5) is 33.6. The Morgan fingerprint density at radius 2 is 1.80 bits per heavy atom. The molecule has 1 rings (SSSR count). The summed E-state index contributed by atoms with van der Waals surface area (Å²) in [7, 11) is -4.09. The second-order valence-electron chi connectivity index (χ2n) is 5.28. The smallest absolute Gasteiger partial charge is 0.322 e. The monoisotopic (exact) mass is 384 g/mol. The number of hydrogen-bond donors (Lipinski definition) is 7. The topological polar surface area (TPSA) is 208 Å². The fraction of sp³-hybridized carbons (Fsp3) is 0.750. The lowest BCUT2D eigenvalue weighted by Crippen LogP contribution is -2.42. The van der Waals surface area contributed by atoms with E-state index in [0.29, 0.717) is 25.8 Å². The van der Waals surface area contributed by atoms with Crippen LogP contribution >= 0.6 is 0 Å². The Morgan fingerprint density at radius 1 is 1.20 bits per heavy atom. The first kappa shape index (κ1) is 23.2. The number of urea groups is 1. The van der Waals surface area contributed by atoms with E-state index in [1.54, 1.807) is 0 Å². The largest absolute Gasteiger partial charge is 0.480 e. The second-order valence-corrected chi connectivity index (χ2v) is 7.51. The van der Waals surface area contributed by atoms with Crippen LogP contribution in [0.1, 0.15) is 32.1 Å². The molecule has 1 fully saturated rings. The molecule has 1 heterocycles. The number of aliphatic carboxylic acids is 1. The Hall–Kier alpha value is -1.80. The van der Waals surface area contributed by atoms with Crippen LogP contribution in [0.25, 0.3) is 0 Å². The Bertz CT molecular complexity index is 553. The maximum absolute atomic E-state index is 12.2. The second kappa shape index (κ2) is 11.7. The van der Waals surface area contributed by atoms with Gasteiger partial charge in [0.15, 0.2) is 15.1 Å². The van der Waals surface area contributed by atoms with Crippen molar-refractivity contribution in [3.63, 3.8) is 0 Å². The molecule has 1 aliphatic heterocycles. The molecule has 0 bridgehead atoms. The highest BCUT2D eigenvalue weighted by Gasteiger charge is 2.39. The molecule has 0 spiro atoms. The number of imide groups is 1. The van der Waals surface area contributed by atoms with Crippen molar-refractivity contribution in [2.45, 2.75) is 43.4 Å². The van der Waals surface area contributed by atoms with Gasteiger partial charge in [0, 0.05) is 6.54 Å². The van der Waals surface area contributed by atoms with Gasteiger partial charge in [-0.2, -0.15) is 0 Å². The number of hydrogen-bond acceptors (Lipinski definition) is 9. The summed E-state index contributed by atoms with van der Waals surface area (Å²) in [6.45, 7) is 0.414. The Balaban J connectivity index is 0.00000277. The molecule has 0 aromatic heterocycles. The highest BCUT2D eigenvalue weighted by atomic mass is 32.2. The highest BCUT2D eigenvalue weighted by molar-refractivity contribution is 7.92. The zero-order chi connectivity index (χ0) is 19.5. The minimum atomic E-state index is -4.09. The van der Waals surface area contributed by atoms with Crippen molar-refractivity contribution < 1.29 is 38.3 Å². The molecule has 2 atom stereocenters. The van der Waals surface area contributed by atoms with E-state index in [0.717, 1.165) is 6.42 Å². The van der Waals surface area contributed by atoms with Crippen LogP contribution in [0.2, 0.25) is 0 Å². The summed E-state index contributed by atoms with van der Waals surface area (Å²) in [5.41, 5.74) is 2.00. The molecular formula is C12H24N4O8S. The van der Waals surface area contributed by atoms with Crippen molar-refractivity contribution in [2.75, 3.05) is 12.3 Å². The van der Waals surface area contributed by atoms with E-state index in [2.05, 4.69) is 11.2 Å². The van der Waals surface area contributed by atoms with Crippen LogP contribution in [0.5, 0.6) is 0 Å². The van der Waals surface area contributed by atoms with Crippen molar-refractivity contribution >= 4 is 27.7 Å². The molecule has 25 heavy (non-hydrogen) atoms. The van der Waals surface area contributed by atoms with Gasteiger partial charge in [-0.25, -0.2) is 24.6 Å². The first-order chi connectivity index (χ1) is 11.8. The van der Waals surface area contributed by atoms with E-state index in [1.807, 2.05) is 10.8 Å². The molecule has 0 radical (unpaired) electrons. The lowest BCUT2D eigenvalue weighted by atomic mass is 10.1. The van der Waals surface area contributed by atoms with Gasteiger partial charge in [-0.1, -0.05) is 19.3 Å². The van der Waals surface area contributed by atoms with Crippen molar-refractivity contribution in [2.24, 2.45) is 5.90 Å². The van der Waals surface area contributed by atoms with Gasteiger partial charge in [-0.3, -0.25) is 14.9 Å². The van der Waals surface area contributed by atoms with Crippen molar-refractivity contribution in [1.82, 2.24) is 16.1 Å². The highest BCUT2D eigenvalue weighted by Crippen LogP contribution is 2.15. The van der Waals surface area contributed by atoms with Crippen molar-refractivity contribution in [3.8, 4) is 0 Å². The van der Waals surface area contributed by atoms with E-state index in [1.165, 1.54) is 0 Å². The number of carboxylic acids is 1. The predicted octanol–water partition coefficient (Wildman–Crippen LogP) is -1.67. The van der Waals surface area contributed by atoms with E-state index in [9.17, 15) is 22.8 Å². The summed E-state index contributed by atoms with van der Waals surface area (Å²) in [6, 6.07) is -2.05. The van der Waals surface area contributed by atoms with E-state index in [-0.39, 0.29) is 6.42 Å². The molecule has 2 unspecified atom stereocenters. The van der Waals surface area contributed by atoms with Crippen LogP contribution in [-0.4, -0.2) is 65.4 Å². The van der Waals surface area contributed by atoms with Crippen molar-refractivity contribution in [1.29, 1.82) is 0 Å². The number of nitrogens with two attached hydrogens (primary N) is 1. The maximum atomic E-state index is 12.2. The molecule has 146 valence electrons. The number of carbonyl (C=O) groups excluding carboxylic acids is 2. The summed E-state index contributed by atoms with van der Waals surface area (Å²) < 4.78 is 24.4. The van der Waals surface area contributed by atoms with Gasteiger partial charge in [-0.05, 0) is 12.8 Å². The van der Waals surface area contributed by atoms with Gasteiger partial charge in [0.05, 0.1) is 5.75 Å². The lowest BCUT2D eigenvalue weighted by Gasteiger charge is -2.15. The van der Waals surface area contributed by atoms with E-state index < -0.39 is 44.8 Å². The summed E-state index contributed by atoms with van der Waals surface area (Å²) in [5.74, 6) is 0.515. The normalized spacial score (nSPS) is 18.0. The fourth-order valence-corrected chi connectivity index (χ4v) is 4.03. The number of rotatable bonds is 11. The fourth-order valence-electron chi connectivity index (χ4n) is 2.27. The Morgan fingerprint density at radius 3 is 2.28 bits per heavy atom. The number of unbranched alkanes of at least 4 members (excludes halogenated alkanes) is 3. The SMILES string of the molecule is NO.O=C1NC(=O)C(CS(=O)(=O)C(CCCCCCNO)C(=O)O)N1. The number of carbonyl (C=O) groups is 3. The van der Waals surface area contributed by atoms with Gasteiger partial charge < -0.3 is 20.8 Å². The average Bonchev–Trinajstić information content (AvgIpc) is 2.84. The zero-order valence-corrected chi connectivity index (χ0v) is 14.3. The molecule has 0 aromatic rings. The van der Waals surface area contributed by atoms with Gasteiger partial charge in [0.25, 0.3) is 5.91 Å². The van der Waals surface area contributed by atoms with Crippen LogP contribution in [0.3, 0.4) is 0 Å². The molecule has 13 heteroatoms. The van der Waals surface area contributed by atoms with Crippen LogP contribution in [0.4, 0.5) is 4.79 Å². The Kier molecular flexibility index (Phi) is 10.9. The van der Waals surface area contributed by atoms with Crippen LogP contribution in [-0.2, 0) is 19.4 Å². The third-order valence-electron chi connectivity index (χ3n) is 3.47. The summed E-state index contributed by atoms with van der Waals surface area (Å²) >= 11 is 0. The number of amides is 3.